The molecule has 1 aliphatic rings. The third-order valence-corrected chi connectivity index (χ3v) is 3.40. The van der Waals surface area contributed by atoms with Crippen LogP contribution in [0.3, 0.4) is 0 Å². The van der Waals surface area contributed by atoms with E-state index in [0.717, 1.165) is 12.0 Å². The fraction of sp³-hybridized carbons (Fsp3) is 0.750. The summed E-state index contributed by atoms with van der Waals surface area (Å²) >= 11 is 0. The van der Waals surface area contributed by atoms with Crippen molar-refractivity contribution in [2.45, 2.75) is 44.6 Å². The maximum Gasteiger partial charge on any atom is 0.0609 e. The van der Waals surface area contributed by atoms with Crippen molar-refractivity contribution in [1.82, 2.24) is 9.78 Å². The summed E-state index contributed by atoms with van der Waals surface area (Å²) in [6.07, 6.45) is 10.7. The second-order valence-corrected chi connectivity index (χ2v) is 4.69. The topological polar surface area (TPSA) is 38.0 Å². The third kappa shape index (κ3) is 2.81. The minimum absolute atomic E-state index is 0.172. The molecule has 0 bridgehead atoms. The quantitative estimate of drug-likeness (QED) is 0.824. The summed E-state index contributed by atoms with van der Waals surface area (Å²) in [6, 6.07) is 0. The Morgan fingerprint density at radius 3 is 2.80 bits per heavy atom. The van der Waals surface area contributed by atoms with Crippen LogP contribution < -0.4 is 0 Å². The van der Waals surface area contributed by atoms with E-state index in [9.17, 15) is 5.11 Å². The van der Waals surface area contributed by atoms with E-state index >= 15 is 0 Å². The molecule has 0 amide bonds. The lowest BCUT2D eigenvalue weighted by atomic mass is 9.83. The Hall–Kier alpha value is -0.830. The monoisotopic (exact) mass is 208 g/mol. The van der Waals surface area contributed by atoms with Crippen LogP contribution in [0.1, 0.15) is 37.7 Å². The lowest BCUT2D eigenvalue weighted by Crippen LogP contribution is -2.24. The smallest absolute Gasteiger partial charge is 0.0609 e. The number of aromatic nitrogens is 2. The van der Waals surface area contributed by atoms with Crippen molar-refractivity contribution in [3.05, 3.63) is 18.0 Å². The summed E-state index contributed by atoms with van der Waals surface area (Å²) in [5.41, 5.74) is 1.15. The van der Waals surface area contributed by atoms with Crippen molar-refractivity contribution in [2.24, 2.45) is 13.0 Å². The van der Waals surface area contributed by atoms with E-state index in [1.165, 1.54) is 32.1 Å². The highest BCUT2D eigenvalue weighted by molar-refractivity contribution is 5.05. The molecule has 1 atom stereocenters. The van der Waals surface area contributed by atoms with E-state index in [4.69, 9.17) is 0 Å². The van der Waals surface area contributed by atoms with E-state index < -0.39 is 0 Å². The van der Waals surface area contributed by atoms with Crippen LogP contribution >= 0.6 is 0 Å². The Balaban J connectivity index is 1.88. The van der Waals surface area contributed by atoms with Crippen molar-refractivity contribution < 1.29 is 5.11 Å². The molecule has 1 N–H and O–H groups in total. The van der Waals surface area contributed by atoms with E-state index in [1.807, 2.05) is 19.4 Å². The normalized spacial score (nSPS) is 20.4. The molecule has 1 aromatic rings. The lowest BCUT2D eigenvalue weighted by Gasteiger charge is -2.26. The van der Waals surface area contributed by atoms with Gasteiger partial charge in [-0.05, 0) is 24.3 Å². The molecule has 1 fully saturated rings. The largest absolute Gasteiger partial charge is 0.392 e. The minimum Gasteiger partial charge on any atom is -0.392 e. The van der Waals surface area contributed by atoms with Gasteiger partial charge in [-0.15, -0.1) is 0 Å². The van der Waals surface area contributed by atoms with Crippen LogP contribution in [-0.2, 0) is 13.5 Å². The highest BCUT2D eigenvalue weighted by Gasteiger charge is 2.21. The van der Waals surface area contributed by atoms with Gasteiger partial charge in [-0.25, -0.2) is 0 Å². The van der Waals surface area contributed by atoms with Crippen LogP contribution in [0.25, 0.3) is 0 Å². The van der Waals surface area contributed by atoms with Crippen molar-refractivity contribution in [1.29, 1.82) is 0 Å². The van der Waals surface area contributed by atoms with Gasteiger partial charge >= 0.3 is 0 Å². The number of rotatable bonds is 3. The van der Waals surface area contributed by atoms with E-state index in [1.54, 1.807) is 4.68 Å². The minimum atomic E-state index is -0.172. The Morgan fingerprint density at radius 2 is 2.20 bits per heavy atom. The number of aryl methyl sites for hydroxylation is 1. The fourth-order valence-corrected chi connectivity index (χ4v) is 2.50. The van der Waals surface area contributed by atoms with E-state index in [-0.39, 0.29) is 6.10 Å². The first-order chi connectivity index (χ1) is 7.25. The average Bonchev–Trinajstić information content (AvgIpc) is 2.65. The molecular weight excluding hydrogens is 188 g/mol. The molecule has 1 saturated carbocycles. The van der Waals surface area contributed by atoms with Crippen molar-refractivity contribution in [2.75, 3.05) is 0 Å². The van der Waals surface area contributed by atoms with Gasteiger partial charge in [0.05, 0.1) is 12.3 Å². The first-order valence-electron chi connectivity index (χ1n) is 5.91. The van der Waals surface area contributed by atoms with Crippen LogP contribution in [-0.4, -0.2) is 21.0 Å². The number of aliphatic hydroxyl groups excluding tert-OH is 1. The second-order valence-electron chi connectivity index (χ2n) is 4.69. The highest BCUT2D eigenvalue weighted by Crippen LogP contribution is 2.27. The Labute approximate surface area is 91.1 Å². The third-order valence-electron chi connectivity index (χ3n) is 3.40. The van der Waals surface area contributed by atoms with Gasteiger partial charge in [0.1, 0.15) is 0 Å². The van der Waals surface area contributed by atoms with Gasteiger partial charge in [-0.2, -0.15) is 5.10 Å². The van der Waals surface area contributed by atoms with E-state index in [0.29, 0.717) is 5.92 Å². The summed E-state index contributed by atoms with van der Waals surface area (Å²) in [5.74, 6) is 0.513. The molecule has 1 aliphatic carbocycles. The number of aliphatic hydroxyl groups is 1. The summed E-state index contributed by atoms with van der Waals surface area (Å²) in [7, 11) is 1.91. The van der Waals surface area contributed by atoms with Gasteiger partial charge in [-0.1, -0.05) is 19.3 Å². The van der Waals surface area contributed by atoms with Crippen LogP contribution in [0.15, 0.2) is 12.4 Å². The zero-order chi connectivity index (χ0) is 10.7. The molecule has 84 valence electrons. The fourth-order valence-electron chi connectivity index (χ4n) is 2.50. The molecule has 1 heterocycles. The molecule has 3 nitrogen and oxygen atoms in total. The number of hydrogen-bond acceptors (Lipinski definition) is 2. The average molecular weight is 208 g/mol. The molecule has 1 aromatic heterocycles. The van der Waals surface area contributed by atoms with Crippen LogP contribution in [0.4, 0.5) is 0 Å². The van der Waals surface area contributed by atoms with Crippen LogP contribution in [0.2, 0.25) is 0 Å². The number of hydrogen-bond donors (Lipinski definition) is 1. The maximum absolute atomic E-state index is 10.1. The van der Waals surface area contributed by atoms with E-state index in [2.05, 4.69) is 5.10 Å². The van der Waals surface area contributed by atoms with Crippen LogP contribution in [0.5, 0.6) is 0 Å². The molecule has 0 radical (unpaired) electrons. The Morgan fingerprint density at radius 1 is 1.47 bits per heavy atom. The van der Waals surface area contributed by atoms with Gasteiger partial charge in [0.15, 0.2) is 0 Å². The zero-order valence-corrected chi connectivity index (χ0v) is 9.39. The molecule has 0 aliphatic heterocycles. The van der Waals surface area contributed by atoms with Gasteiger partial charge in [-0.3, -0.25) is 4.68 Å². The molecule has 0 spiro atoms. The first-order valence-corrected chi connectivity index (χ1v) is 5.91. The summed E-state index contributed by atoms with van der Waals surface area (Å²) in [6.45, 7) is 0. The Bertz CT molecular complexity index is 302. The molecule has 1 unspecified atom stereocenters. The SMILES string of the molecule is Cn1cc(CC(O)C2CCCCC2)cn1. The first kappa shape index (κ1) is 10.7. The molecule has 3 heteroatoms. The summed E-state index contributed by atoms with van der Waals surface area (Å²) in [4.78, 5) is 0. The molecule has 0 aromatic carbocycles. The zero-order valence-electron chi connectivity index (χ0n) is 9.39. The van der Waals surface area contributed by atoms with Crippen LogP contribution in [0, 0.1) is 5.92 Å². The van der Waals surface area contributed by atoms with Gasteiger partial charge in [0, 0.05) is 19.7 Å². The predicted octanol–water partition coefficient (Wildman–Crippen LogP) is 1.90. The predicted molar refractivity (Wildman–Crippen MR) is 59.5 cm³/mol. The van der Waals surface area contributed by atoms with Crippen molar-refractivity contribution in [3.8, 4) is 0 Å². The molecule has 15 heavy (non-hydrogen) atoms. The maximum atomic E-state index is 10.1. The summed E-state index contributed by atoms with van der Waals surface area (Å²) < 4.78 is 1.79. The molecule has 0 saturated heterocycles. The van der Waals surface area contributed by atoms with Crippen molar-refractivity contribution in [3.63, 3.8) is 0 Å². The van der Waals surface area contributed by atoms with Gasteiger partial charge in [0.2, 0.25) is 0 Å². The molecular formula is C12H20N2O. The van der Waals surface area contributed by atoms with Gasteiger partial charge < -0.3 is 5.11 Å². The second kappa shape index (κ2) is 4.79. The summed E-state index contributed by atoms with van der Waals surface area (Å²) in [5, 5.41) is 14.2. The molecule has 2 rings (SSSR count). The van der Waals surface area contributed by atoms with Gasteiger partial charge in [0.25, 0.3) is 0 Å². The van der Waals surface area contributed by atoms with Crippen molar-refractivity contribution >= 4 is 0 Å². The highest BCUT2D eigenvalue weighted by atomic mass is 16.3. The lowest BCUT2D eigenvalue weighted by molar-refractivity contribution is 0.0851. The standard InChI is InChI=1S/C12H20N2O/c1-14-9-10(8-13-14)7-12(15)11-5-3-2-4-6-11/h8-9,11-12,15H,2-7H2,1H3. The Kier molecular flexibility index (Phi) is 3.41. The number of nitrogens with zero attached hydrogens (tertiary/aromatic N) is 2.